The van der Waals surface area contributed by atoms with E-state index in [2.05, 4.69) is 0 Å². The first-order valence-corrected chi connectivity index (χ1v) is 7.30. The number of rotatable bonds is 2. The summed E-state index contributed by atoms with van der Waals surface area (Å²) in [6.07, 6.45) is 3.47. The van der Waals surface area contributed by atoms with Crippen molar-refractivity contribution in [2.45, 2.75) is 19.3 Å². The van der Waals surface area contributed by atoms with Gasteiger partial charge in [0.1, 0.15) is 18.0 Å². The van der Waals surface area contributed by atoms with E-state index in [4.69, 9.17) is 10.5 Å². The Morgan fingerprint density at radius 3 is 2.80 bits per heavy atom. The molecule has 1 fully saturated rings. The van der Waals surface area contributed by atoms with Crippen LogP contribution in [0.2, 0.25) is 0 Å². The molecular weight excluding hydrogens is 254 g/mol. The third kappa shape index (κ3) is 2.53. The van der Waals surface area contributed by atoms with E-state index in [1.54, 1.807) is 0 Å². The third-order valence-corrected chi connectivity index (χ3v) is 4.00. The van der Waals surface area contributed by atoms with Gasteiger partial charge in [0, 0.05) is 13.1 Å². The molecule has 0 bridgehead atoms. The number of anilines is 2. The van der Waals surface area contributed by atoms with E-state index in [1.165, 1.54) is 6.42 Å². The topological polar surface area (TPSA) is 58.8 Å². The molecule has 3 rings (SSSR count). The third-order valence-electron chi connectivity index (χ3n) is 4.00. The van der Waals surface area contributed by atoms with Gasteiger partial charge in [0.05, 0.1) is 18.8 Å². The first-order valence-electron chi connectivity index (χ1n) is 7.30. The summed E-state index contributed by atoms with van der Waals surface area (Å²) >= 11 is 0. The highest BCUT2D eigenvalue weighted by atomic mass is 16.5. The van der Waals surface area contributed by atoms with E-state index >= 15 is 0 Å². The standard InChI is InChI=1S/C15H21N3O2/c16-12-5-4-6-13-15(12)18(9-10-20-13)11-14(19)17-7-2-1-3-8-17/h4-6H,1-3,7-11,16H2. The van der Waals surface area contributed by atoms with E-state index in [1.807, 2.05) is 28.0 Å². The number of nitrogens with two attached hydrogens (primary N) is 1. The van der Waals surface area contributed by atoms with Gasteiger partial charge < -0.3 is 20.3 Å². The predicted molar refractivity (Wildman–Crippen MR) is 79.0 cm³/mol. The summed E-state index contributed by atoms with van der Waals surface area (Å²) in [6.45, 7) is 3.48. The van der Waals surface area contributed by atoms with Crippen molar-refractivity contribution in [3.63, 3.8) is 0 Å². The molecule has 1 aromatic carbocycles. The molecular formula is C15H21N3O2. The van der Waals surface area contributed by atoms with Crippen LogP contribution >= 0.6 is 0 Å². The zero-order valence-corrected chi connectivity index (χ0v) is 11.7. The zero-order valence-electron chi connectivity index (χ0n) is 11.7. The second-order valence-electron chi connectivity index (χ2n) is 5.41. The van der Waals surface area contributed by atoms with Crippen molar-refractivity contribution in [2.24, 2.45) is 0 Å². The largest absolute Gasteiger partial charge is 0.489 e. The van der Waals surface area contributed by atoms with Crippen molar-refractivity contribution in [3.05, 3.63) is 18.2 Å². The number of carbonyl (C=O) groups excluding carboxylic acids is 1. The highest BCUT2D eigenvalue weighted by molar-refractivity contribution is 5.85. The summed E-state index contributed by atoms with van der Waals surface area (Å²) in [7, 11) is 0. The van der Waals surface area contributed by atoms with Crippen LogP contribution in [0.4, 0.5) is 11.4 Å². The van der Waals surface area contributed by atoms with Crippen LogP contribution in [0.15, 0.2) is 18.2 Å². The maximum Gasteiger partial charge on any atom is 0.242 e. The highest BCUT2D eigenvalue weighted by Gasteiger charge is 2.25. The minimum Gasteiger partial charge on any atom is -0.489 e. The molecule has 0 spiro atoms. The van der Waals surface area contributed by atoms with Crippen molar-refractivity contribution in [3.8, 4) is 5.75 Å². The van der Waals surface area contributed by atoms with E-state index in [0.29, 0.717) is 25.4 Å². The molecule has 0 unspecified atom stereocenters. The van der Waals surface area contributed by atoms with E-state index < -0.39 is 0 Å². The number of ether oxygens (including phenoxy) is 1. The van der Waals surface area contributed by atoms with E-state index in [-0.39, 0.29) is 5.91 Å². The fourth-order valence-corrected chi connectivity index (χ4v) is 2.94. The van der Waals surface area contributed by atoms with Gasteiger partial charge in [0.15, 0.2) is 0 Å². The Hall–Kier alpha value is -1.91. The molecule has 2 aliphatic heterocycles. The van der Waals surface area contributed by atoms with Crippen LogP contribution in [-0.2, 0) is 4.79 Å². The van der Waals surface area contributed by atoms with Crippen molar-refractivity contribution >= 4 is 17.3 Å². The van der Waals surface area contributed by atoms with Gasteiger partial charge in [0.2, 0.25) is 5.91 Å². The number of nitrogen functional groups attached to an aromatic ring is 1. The molecule has 108 valence electrons. The number of nitrogens with zero attached hydrogens (tertiary/aromatic N) is 2. The van der Waals surface area contributed by atoms with E-state index in [0.717, 1.165) is 37.4 Å². The van der Waals surface area contributed by atoms with Gasteiger partial charge in [-0.1, -0.05) is 6.07 Å². The van der Waals surface area contributed by atoms with Crippen LogP contribution < -0.4 is 15.4 Å². The number of hydrogen-bond donors (Lipinski definition) is 1. The average Bonchev–Trinajstić information content (AvgIpc) is 2.48. The van der Waals surface area contributed by atoms with Crippen LogP contribution in [0, 0.1) is 0 Å². The first kappa shape index (κ1) is 13.1. The van der Waals surface area contributed by atoms with Crippen molar-refractivity contribution in [1.82, 2.24) is 4.90 Å². The summed E-state index contributed by atoms with van der Waals surface area (Å²) in [5.41, 5.74) is 7.58. The number of piperidine rings is 1. The van der Waals surface area contributed by atoms with E-state index in [9.17, 15) is 4.79 Å². The lowest BCUT2D eigenvalue weighted by molar-refractivity contribution is -0.130. The molecule has 0 saturated carbocycles. The molecule has 1 saturated heterocycles. The number of para-hydroxylation sites is 1. The second-order valence-corrected chi connectivity index (χ2v) is 5.41. The number of carbonyl (C=O) groups is 1. The number of amides is 1. The second kappa shape index (κ2) is 5.61. The monoisotopic (exact) mass is 275 g/mol. The zero-order chi connectivity index (χ0) is 13.9. The average molecular weight is 275 g/mol. The van der Waals surface area contributed by atoms with Crippen LogP contribution in [-0.4, -0.2) is 43.6 Å². The van der Waals surface area contributed by atoms with Gasteiger partial charge in [0.25, 0.3) is 0 Å². The maximum absolute atomic E-state index is 12.4. The van der Waals surface area contributed by atoms with Gasteiger partial charge in [-0.3, -0.25) is 4.79 Å². The van der Waals surface area contributed by atoms with Crippen LogP contribution in [0.1, 0.15) is 19.3 Å². The maximum atomic E-state index is 12.4. The molecule has 2 N–H and O–H groups in total. The summed E-state index contributed by atoms with van der Waals surface area (Å²) in [5.74, 6) is 0.975. The Bertz CT molecular complexity index is 498. The summed E-state index contributed by atoms with van der Waals surface area (Å²) < 4.78 is 5.62. The Morgan fingerprint density at radius 2 is 2.00 bits per heavy atom. The van der Waals surface area contributed by atoms with Gasteiger partial charge in [-0.05, 0) is 31.4 Å². The highest BCUT2D eigenvalue weighted by Crippen LogP contribution is 2.36. The normalized spacial score (nSPS) is 18.4. The van der Waals surface area contributed by atoms with Crippen LogP contribution in [0.25, 0.3) is 0 Å². The molecule has 1 amide bonds. The minimum absolute atomic E-state index is 0.195. The molecule has 0 aliphatic carbocycles. The van der Waals surface area contributed by atoms with Crippen molar-refractivity contribution in [1.29, 1.82) is 0 Å². The van der Waals surface area contributed by atoms with Crippen molar-refractivity contribution in [2.75, 3.05) is 43.4 Å². The number of likely N-dealkylation sites (tertiary alicyclic amines) is 1. The number of hydrogen-bond acceptors (Lipinski definition) is 4. The Balaban J connectivity index is 1.74. The van der Waals surface area contributed by atoms with Gasteiger partial charge in [-0.25, -0.2) is 0 Å². The lowest BCUT2D eigenvalue weighted by atomic mass is 10.1. The molecule has 5 heteroatoms. The van der Waals surface area contributed by atoms with Crippen LogP contribution in [0.5, 0.6) is 5.75 Å². The Kier molecular flexibility index (Phi) is 3.67. The van der Waals surface area contributed by atoms with Gasteiger partial charge in [-0.2, -0.15) is 0 Å². The molecule has 0 atom stereocenters. The Labute approximate surface area is 119 Å². The first-order chi connectivity index (χ1) is 9.75. The Morgan fingerprint density at radius 1 is 1.20 bits per heavy atom. The molecule has 5 nitrogen and oxygen atoms in total. The molecule has 0 aromatic heterocycles. The number of benzene rings is 1. The van der Waals surface area contributed by atoms with Gasteiger partial charge in [-0.15, -0.1) is 0 Å². The number of fused-ring (bicyclic) bond motifs is 1. The lowest BCUT2D eigenvalue weighted by Crippen LogP contribution is -2.45. The summed E-state index contributed by atoms with van der Waals surface area (Å²) in [5, 5.41) is 0. The molecule has 2 heterocycles. The molecule has 0 radical (unpaired) electrons. The fraction of sp³-hybridized carbons (Fsp3) is 0.533. The molecule has 1 aromatic rings. The van der Waals surface area contributed by atoms with Crippen LogP contribution in [0.3, 0.4) is 0 Å². The fourth-order valence-electron chi connectivity index (χ4n) is 2.94. The predicted octanol–water partition coefficient (Wildman–Crippen LogP) is 1.48. The quantitative estimate of drug-likeness (QED) is 0.831. The SMILES string of the molecule is Nc1cccc2c1N(CC(=O)N1CCCCC1)CCO2. The molecule has 2 aliphatic rings. The summed E-state index contributed by atoms with van der Waals surface area (Å²) in [4.78, 5) is 16.4. The smallest absolute Gasteiger partial charge is 0.242 e. The van der Waals surface area contributed by atoms with Gasteiger partial charge >= 0.3 is 0 Å². The van der Waals surface area contributed by atoms with Crippen molar-refractivity contribution < 1.29 is 9.53 Å². The summed E-state index contributed by atoms with van der Waals surface area (Å²) in [6, 6.07) is 5.64. The lowest BCUT2D eigenvalue weighted by Gasteiger charge is -2.34. The minimum atomic E-state index is 0.195. The molecule has 20 heavy (non-hydrogen) atoms.